The van der Waals surface area contributed by atoms with Crippen LogP contribution in [0, 0.1) is 34.5 Å². The van der Waals surface area contributed by atoms with Gasteiger partial charge in [-0.2, -0.15) is 0 Å². The first-order valence-electron chi connectivity index (χ1n) is 11.3. The predicted octanol–water partition coefficient (Wildman–Crippen LogP) is 5.39. The summed E-state index contributed by atoms with van der Waals surface area (Å²) in [5, 5.41) is 0.697. The normalized spacial score (nSPS) is 44.9. The van der Waals surface area contributed by atoms with Crippen LogP contribution in [0.1, 0.15) is 73.1 Å². The van der Waals surface area contributed by atoms with E-state index in [0.29, 0.717) is 23.8 Å². The minimum atomic E-state index is -1.04. The molecule has 0 aromatic rings. The number of Topliss-reactive ketones (excluding diaryl/α,β-unsaturated/α-hetero) is 1. The molecule has 0 bridgehead atoms. The number of ether oxygens (including phenoxy) is 1. The fourth-order valence-electron chi connectivity index (χ4n) is 7.90. The van der Waals surface area contributed by atoms with Gasteiger partial charge in [-0.05, 0) is 67.9 Å². The molecule has 4 nitrogen and oxygen atoms in total. The Balaban J connectivity index is 1.82. The zero-order chi connectivity index (χ0) is 22.1. The Kier molecular flexibility index (Phi) is 5.12. The maximum Gasteiger partial charge on any atom is 0.303 e. The molecule has 4 aliphatic rings. The van der Waals surface area contributed by atoms with Gasteiger partial charge in [0.05, 0.1) is 0 Å². The molecule has 0 heterocycles. The maximum absolute atomic E-state index is 12.8. The van der Waals surface area contributed by atoms with E-state index in [4.69, 9.17) is 16.3 Å². The summed E-state index contributed by atoms with van der Waals surface area (Å²) < 4.78 is 5.83. The van der Waals surface area contributed by atoms with E-state index in [1.807, 2.05) is 0 Å². The van der Waals surface area contributed by atoms with Crippen LogP contribution in [0.2, 0.25) is 0 Å². The zero-order valence-corrected chi connectivity index (χ0v) is 19.5. The number of carbonyl (C=O) groups excluding carboxylic acids is 3. The van der Waals surface area contributed by atoms with Gasteiger partial charge < -0.3 is 4.74 Å². The van der Waals surface area contributed by atoms with Gasteiger partial charge in [0.2, 0.25) is 0 Å². The van der Waals surface area contributed by atoms with Crippen molar-refractivity contribution in [3.05, 3.63) is 22.8 Å². The minimum absolute atomic E-state index is 0.0477. The Morgan fingerprint density at radius 2 is 1.83 bits per heavy atom. The highest BCUT2D eigenvalue weighted by atomic mass is 35.5. The number of hydrogen-bond donors (Lipinski definition) is 0. The molecule has 0 aromatic heterocycles. The van der Waals surface area contributed by atoms with Gasteiger partial charge in [-0.3, -0.25) is 14.4 Å². The van der Waals surface area contributed by atoms with Crippen LogP contribution in [-0.2, 0) is 19.1 Å². The Labute approximate surface area is 184 Å². The molecule has 30 heavy (non-hydrogen) atoms. The van der Waals surface area contributed by atoms with Crippen molar-refractivity contribution in [1.82, 2.24) is 0 Å². The molecule has 2 saturated carbocycles. The van der Waals surface area contributed by atoms with E-state index >= 15 is 0 Å². The molecule has 2 fully saturated rings. The first-order chi connectivity index (χ1) is 14.0. The average Bonchev–Trinajstić information content (AvgIpc) is 2.96. The Bertz CT molecular complexity index is 872. The molecule has 0 saturated heterocycles. The number of hydrogen-bond acceptors (Lipinski definition) is 4. The van der Waals surface area contributed by atoms with E-state index in [1.54, 1.807) is 13.0 Å². The zero-order valence-electron chi connectivity index (χ0n) is 18.7. The van der Waals surface area contributed by atoms with Crippen molar-refractivity contribution in [2.45, 2.75) is 78.7 Å². The molecule has 0 radical (unpaired) electrons. The standard InChI is InChI=1S/C25H33ClO4/c1-6-16-11-17(29)12-21-22(26)13-18-19-8-10-25(14(2)27,30-15(3)28)23(19,4)9-7-20(18)24(16,21)5/h12-13,16,18-20H,6-11H2,1-5H3. The van der Waals surface area contributed by atoms with E-state index in [-0.39, 0.29) is 40.7 Å². The van der Waals surface area contributed by atoms with Crippen LogP contribution >= 0.6 is 11.6 Å². The van der Waals surface area contributed by atoms with Gasteiger partial charge in [0, 0.05) is 29.2 Å². The largest absolute Gasteiger partial charge is 0.451 e. The third kappa shape index (κ3) is 2.68. The summed E-state index contributed by atoms with van der Waals surface area (Å²) in [5.41, 5.74) is -0.571. The monoisotopic (exact) mass is 432 g/mol. The van der Waals surface area contributed by atoms with Gasteiger partial charge in [-0.15, -0.1) is 0 Å². The Morgan fingerprint density at radius 3 is 2.43 bits per heavy atom. The SMILES string of the molecule is CCC1CC(=O)C=C2C(Cl)=CC3C(CCC4(C)C3CCC4(OC(C)=O)C(C)=O)C21C. The quantitative estimate of drug-likeness (QED) is 0.561. The summed E-state index contributed by atoms with van der Waals surface area (Å²) in [6.07, 6.45) is 8.65. The summed E-state index contributed by atoms with van der Waals surface area (Å²) >= 11 is 6.83. The highest BCUT2D eigenvalue weighted by Gasteiger charge is 2.68. The molecule has 0 amide bonds. The highest BCUT2D eigenvalue weighted by molar-refractivity contribution is 6.32. The van der Waals surface area contributed by atoms with E-state index in [0.717, 1.165) is 31.3 Å². The fraction of sp³-hybridized carbons (Fsp3) is 0.720. The van der Waals surface area contributed by atoms with Crippen molar-refractivity contribution >= 4 is 29.1 Å². The molecule has 0 spiro atoms. The molecular weight excluding hydrogens is 400 g/mol. The molecule has 7 atom stereocenters. The number of halogens is 1. The van der Waals surface area contributed by atoms with Gasteiger partial charge in [-0.1, -0.05) is 44.9 Å². The molecule has 0 N–H and O–H groups in total. The van der Waals surface area contributed by atoms with Crippen molar-refractivity contribution in [2.24, 2.45) is 34.5 Å². The average molecular weight is 433 g/mol. The van der Waals surface area contributed by atoms with Gasteiger partial charge >= 0.3 is 5.97 Å². The fourth-order valence-corrected chi connectivity index (χ4v) is 8.30. The second-order valence-electron chi connectivity index (χ2n) is 10.4. The van der Waals surface area contributed by atoms with Gasteiger partial charge in [0.15, 0.2) is 17.2 Å². The van der Waals surface area contributed by atoms with Crippen LogP contribution in [0.4, 0.5) is 0 Å². The first kappa shape index (κ1) is 21.8. The summed E-state index contributed by atoms with van der Waals surface area (Å²) in [7, 11) is 0. The lowest BCUT2D eigenvalue weighted by Crippen LogP contribution is -2.59. The lowest BCUT2D eigenvalue weighted by atomic mass is 9.45. The van der Waals surface area contributed by atoms with Crippen molar-refractivity contribution < 1.29 is 19.1 Å². The van der Waals surface area contributed by atoms with Gasteiger partial charge in [-0.25, -0.2) is 0 Å². The van der Waals surface area contributed by atoms with Crippen LogP contribution in [-0.4, -0.2) is 23.1 Å². The maximum atomic E-state index is 12.8. The second kappa shape index (κ2) is 7.05. The number of carbonyl (C=O) groups is 3. The number of fused-ring (bicyclic) bond motifs is 5. The topological polar surface area (TPSA) is 60.4 Å². The van der Waals surface area contributed by atoms with Crippen LogP contribution in [0.15, 0.2) is 22.8 Å². The third-order valence-corrected chi connectivity index (χ3v) is 9.71. The minimum Gasteiger partial charge on any atom is -0.451 e. The number of esters is 1. The van der Waals surface area contributed by atoms with Gasteiger partial charge in [0.1, 0.15) is 0 Å². The van der Waals surface area contributed by atoms with E-state index in [1.165, 1.54) is 6.92 Å². The molecule has 0 aromatic carbocycles. The molecule has 4 rings (SSSR count). The Hall–Kier alpha value is -1.42. The lowest BCUT2D eigenvalue weighted by molar-refractivity contribution is -0.185. The Morgan fingerprint density at radius 1 is 1.17 bits per heavy atom. The molecule has 0 aliphatic heterocycles. The van der Waals surface area contributed by atoms with Crippen molar-refractivity contribution in [3.63, 3.8) is 0 Å². The molecule has 4 aliphatic carbocycles. The van der Waals surface area contributed by atoms with Crippen LogP contribution < -0.4 is 0 Å². The predicted molar refractivity (Wildman–Crippen MR) is 116 cm³/mol. The van der Waals surface area contributed by atoms with Crippen molar-refractivity contribution in [2.75, 3.05) is 0 Å². The van der Waals surface area contributed by atoms with Crippen molar-refractivity contribution in [1.29, 1.82) is 0 Å². The van der Waals surface area contributed by atoms with E-state index in [9.17, 15) is 14.4 Å². The molecule has 164 valence electrons. The molecular formula is C25H33ClO4. The molecule has 5 heteroatoms. The number of ketones is 2. The third-order valence-electron chi connectivity index (χ3n) is 9.38. The summed E-state index contributed by atoms with van der Waals surface area (Å²) in [5.74, 6) is 0.832. The summed E-state index contributed by atoms with van der Waals surface area (Å²) in [6.45, 7) is 9.57. The summed E-state index contributed by atoms with van der Waals surface area (Å²) in [4.78, 5) is 37.2. The van der Waals surface area contributed by atoms with E-state index < -0.39 is 11.0 Å². The van der Waals surface area contributed by atoms with E-state index in [2.05, 4.69) is 26.8 Å². The summed E-state index contributed by atoms with van der Waals surface area (Å²) in [6, 6.07) is 0. The number of rotatable bonds is 3. The first-order valence-corrected chi connectivity index (χ1v) is 11.7. The lowest BCUT2D eigenvalue weighted by Gasteiger charge is -2.59. The van der Waals surface area contributed by atoms with Crippen LogP contribution in [0.25, 0.3) is 0 Å². The van der Waals surface area contributed by atoms with Crippen LogP contribution in [0.5, 0.6) is 0 Å². The second-order valence-corrected chi connectivity index (χ2v) is 10.8. The van der Waals surface area contributed by atoms with Crippen molar-refractivity contribution in [3.8, 4) is 0 Å². The van der Waals surface area contributed by atoms with Gasteiger partial charge in [0.25, 0.3) is 0 Å². The number of allylic oxidation sites excluding steroid dienone is 4. The smallest absolute Gasteiger partial charge is 0.303 e. The molecule has 7 unspecified atom stereocenters. The highest BCUT2D eigenvalue weighted by Crippen LogP contribution is 2.69. The van der Waals surface area contributed by atoms with Crippen LogP contribution in [0.3, 0.4) is 0 Å².